The number of hydrogen-bond donors (Lipinski definition) is 1. The number of carboxylic acid groups (broad SMARTS) is 1. The maximum absolute atomic E-state index is 14.0. The van der Waals surface area contributed by atoms with Crippen molar-refractivity contribution in [2.75, 3.05) is 52.2 Å². The van der Waals surface area contributed by atoms with Crippen molar-refractivity contribution in [1.82, 2.24) is 4.90 Å². The second kappa shape index (κ2) is 14.5. The number of pyridine rings is 1. The summed E-state index contributed by atoms with van der Waals surface area (Å²) in [6, 6.07) is 14.4. The van der Waals surface area contributed by atoms with Gasteiger partial charge in [-0.25, -0.2) is 4.57 Å². The van der Waals surface area contributed by atoms with Gasteiger partial charge in [-0.3, -0.25) is 14.5 Å². The second-order valence-corrected chi connectivity index (χ2v) is 11.3. The number of aromatic nitrogens is 1. The number of unbranched alkanes of at least 4 members (excludes halogenated alkanes) is 1. The van der Waals surface area contributed by atoms with Gasteiger partial charge in [0, 0.05) is 31.1 Å². The molecule has 1 amide bonds. The van der Waals surface area contributed by atoms with Gasteiger partial charge in [0.25, 0.3) is 0 Å². The van der Waals surface area contributed by atoms with Crippen LogP contribution in [-0.4, -0.2) is 75.2 Å². The molecule has 1 fully saturated rings. The van der Waals surface area contributed by atoms with Crippen LogP contribution in [0.2, 0.25) is 0 Å². The van der Waals surface area contributed by atoms with E-state index in [9.17, 15) is 14.7 Å². The predicted molar refractivity (Wildman–Crippen MR) is 166 cm³/mol. The van der Waals surface area contributed by atoms with Crippen LogP contribution < -0.4 is 33.2 Å². The van der Waals surface area contributed by atoms with Crippen LogP contribution in [0.1, 0.15) is 37.7 Å². The molecule has 11 heteroatoms. The third kappa shape index (κ3) is 7.09. The van der Waals surface area contributed by atoms with Crippen LogP contribution in [0.15, 0.2) is 60.9 Å². The average Bonchev–Trinajstić information content (AvgIpc) is 3.66. The molecule has 0 bridgehead atoms. The first-order valence-corrected chi connectivity index (χ1v) is 15.3. The predicted octanol–water partition coefficient (Wildman–Crippen LogP) is 4.03. The number of anilines is 1. The van der Waals surface area contributed by atoms with E-state index >= 15 is 0 Å². The molecule has 0 spiro atoms. The van der Waals surface area contributed by atoms with Crippen LogP contribution in [0, 0.1) is 5.92 Å². The zero-order valence-electron chi connectivity index (χ0n) is 26.3. The zero-order valence-corrected chi connectivity index (χ0v) is 26.3. The summed E-state index contributed by atoms with van der Waals surface area (Å²) < 4.78 is 30.2. The number of likely N-dealkylation sites (tertiary alicyclic amines) is 1. The first kappa shape index (κ1) is 31.9. The van der Waals surface area contributed by atoms with E-state index in [-0.39, 0.29) is 25.9 Å². The molecule has 0 radical (unpaired) electrons. The van der Waals surface area contributed by atoms with E-state index in [2.05, 4.69) is 6.92 Å². The average molecular weight is 621 g/mol. The van der Waals surface area contributed by atoms with Gasteiger partial charge in [-0.2, -0.15) is 0 Å². The fraction of sp³-hybridized carbons (Fsp3) is 0.441. The molecule has 3 aromatic rings. The summed E-state index contributed by atoms with van der Waals surface area (Å²) in [6.45, 7) is 3.38. The Balaban J connectivity index is 1.45. The summed E-state index contributed by atoms with van der Waals surface area (Å²) in [7, 11) is 5.04. The number of carbonyl (C=O) groups is 2. The number of aryl methyl sites for hydroxylation is 1. The molecule has 2 aliphatic rings. The van der Waals surface area contributed by atoms with E-state index in [1.807, 2.05) is 77.4 Å². The number of benzene rings is 2. The Morgan fingerprint density at radius 3 is 2.56 bits per heavy atom. The van der Waals surface area contributed by atoms with Crippen LogP contribution in [0.25, 0.3) is 0 Å². The molecule has 0 aliphatic carbocycles. The third-order valence-electron chi connectivity index (χ3n) is 8.49. The molecule has 11 nitrogen and oxygen atoms in total. The second-order valence-electron chi connectivity index (χ2n) is 11.3. The Morgan fingerprint density at radius 1 is 1.07 bits per heavy atom. The SMILES string of the molecule is CCCCN(C(=O)CN1C[C@H](c2cc(OC)c3c(c2)OCO3)[C@@H](C(=O)O)[C@@H]1CCOc1ccccc1OC)c1ccc[n+](C)c1. The van der Waals surface area contributed by atoms with Crippen LogP contribution >= 0.6 is 0 Å². The minimum Gasteiger partial charge on any atom is -0.493 e. The van der Waals surface area contributed by atoms with Gasteiger partial charge in [-0.05, 0) is 48.7 Å². The molecule has 3 heterocycles. The molecule has 45 heavy (non-hydrogen) atoms. The Bertz CT molecular complexity index is 1500. The maximum atomic E-state index is 14.0. The van der Waals surface area contributed by atoms with Crippen molar-refractivity contribution >= 4 is 17.6 Å². The number of para-hydroxylation sites is 2. The standard InChI is InChI=1S/C34H41N3O8/c1-5-6-15-37(24-10-9-14-35(2)19-24)31(38)21-36-20-25(23-17-29(42-4)33-30(18-23)44-22-45-33)32(34(39)40)26(36)13-16-43-28-12-8-7-11-27(28)41-3/h7-12,14,17-19,25-26,32H,5-6,13,15-16,20-22H2,1-4H3/p+1/t25-,26+,32-/m1/s1. The quantitative estimate of drug-likeness (QED) is 0.267. The van der Waals surface area contributed by atoms with Gasteiger partial charge in [-0.15, -0.1) is 0 Å². The number of aliphatic carboxylic acids is 1. The monoisotopic (exact) mass is 620 g/mol. The van der Waals surface area contributed by atoms with Crippen molar-refractivity contribution in [3.05, 3.63) is 66.5 Å². The largest absolute Gasteiger partial charge is 0.493 e. The third-order valence-corrected chi connectivity index (χ3v) is 8.49. The molecule has 1 aromatic heterocycles. The van der Waals surface area contributed by atoms with Crippen LogP contribution in [0.4, 0.5) is 5.69 Å². The van der Waals surface area contributed by atoms with E-state index in [0.29, 0.717) is 48.3 Å². The van der Waals surface area contributed by atoms with Crippen LogP contribution in [-0.2, 0) is 16.6 Å². The number of rotatable bonds is 14. The van der Waals surface area contributed by atoms with E-state index in [1.54, 1.807) is 19.1 Å². The molecule has 3 atom stereocenters. The van der Waals surface area contributed by atoms with Crippen LogP contribution in [0.3, 0.4) is 0 Å². The molecule has 1 saturated heterocycles. The molecule has 2 aliphatic heterocycles. The van der Waals surface area contributed by atoms with Crippen molar-refractivity contribution in [3.63, 3.8) is 0 Å². The minimum absolute atomic E-state index is 0.0591. The fourth-order valence-electron chi connectivity index (χ4n) is 6.29. The highest BCUT2D eigenvalue weighted by Gasteiger charge is 2.47. The molecule has 2 aromatic carbocycles. The number of ether oxygens (including phenoxy) is 5. The van der Waals surface area contributed by atoms with Crippen LogP contribution in [0.5, 0.6) is 28.7 Å². The number of hydrogen-bond acceptors (Lipinski definition) is 8. The first-order valence-electron chi connectivity index (χ1n) is 15.3. The lowest BCUT2D eigenvalue weighted by Crippen LogP contribution is -2.45. The lowest BCUT2D eigenvalue weighted by Gasteiger charge is -2.29. The Hall–Kier alpha value is -4.51. The number of fused-ring (bicyclic) bond motifs is 1. The minimum atomic E-state index is -0.938. The van der Waals surface area contributed by atoms with E-state index in [0.717, 1.165) is 24.1 Å². The van der Waals surface area contributed by atoms with Crippen molar-refractivity contribution in [2.45, 2.75) is 38.1 Å². The highest BCUT2D eigenvalue weighted by Crippen LogP contribution is 2.47. The molecule has 5 rings (SSSR count). The summed E-state index contributed by atoms with van der Waals surface area (Å²) in [5.74, 6) is 0.397. The van der Waals surface area contributed by atoms with Crippen molar-refractivity contribution in [2.24, 2.45) is 13.0 Å². The number of amides is 1. The van der Waals surface area contributed by atoms with Crippen molar-refractivity contribution in [1.29, 1.82) is 0 Å². The van der Waals surface area contributed by atoms with Gasteiger partial charge in [0.05, 0.1) is 33.3 Å². The molecule has 0 saturated carbocycles. The van der Waals surface area contributed by atoms with Gasteiger partial charge in [0.1, 0.15) is 12.7 Å². The van der Waals surface area contributed by atoms with Crippen molar-refractivity contribution < 1.29 is 42.9 Å². The summed E-state index contributed by atoms with van der Waals surface area (Å²) in [6.07, 6.45) is 6.02. The number of nitrogens with zero attached hydrogens (tertiary/aromatic N) is 3. The van der Waals surface area contributed by atoms with E-state index < -0.39 is 23.8 Å². The number of methoxy groups -OCH3 is 2. The number of carboxylic acids is 1. The highest BCUT2D eigenvalue weighted by molar-refractivity contribution is 5.94. The Kier molecular flexibility index (Phi) is 10.3. The normalized spacial score (nSPS) is 18.9. The smallest absolute Gasteiger partial charge is 0.308 e. The Morgan fingerprint density at radius 2 is 1.84 bits per heavy atom. The van der Waals surface area contributed by atoms with E-state index in [1.165, 1.54) is 0 Å². The fourth-order valence-corrected chi connectivity index (χ4v) is 6.29. The molecule has 1 N–H and O–H groups in total. The van der Waals surface area contributed by atoms with Gasteiger partial charge in [-0.1, -0.05) is 25.5 Å². The topological polar surface area (TPSA) is 111 Å². The summed E-state index contributed by atoms with van der Waals surface area (Å²) >= 11 is 0. The molecule has 0 unspecified atom stereocenters. The van der Waals surface area contributed by atoms with E-state index in [4.69, 9.17) is 23.7 Å². The Labute approximate surface area is 263 Å². The summed E-state index contributed by atoms with van der Waals surface area (Å²) in [5, 5.41) is 10.6. The highest BCUT2D eigenvalue weighted by atomic mass is 16.7. The lowest BCUT2D eigenvalue weighted by atomic mass is 9.84. The lowest BCUT2D eigenvalue weighted by molar-refractivity contribution is -0.670. The van der Waals surface area contributed by atoms with Gasteiger partial charge in [0.15, 0.2) is 35.4 Å². The molecular weight excluding hydrogens is 578 g/mol. The van der Waals surface area contributed by atoms with Crippen molar-refractivity contribution in [3.8, 4) is 28.7 Å². The zero-order chi connectivity index (χ0) is 31.9. The van der Waals surface area contributed by atoms with Gasteiger partial charge >= 0.3 is 5.97 Å². The maximum Gasteiger partial charge on any atom is 0.308 e. The number of carbonyl (C=O) groups excluding carboxylic acids is 1. The van der Waals surface area contributed by atoms with Gasteiger partial charge in [0.2, 0.25) is 18.4 Å². The summed E-state index contributed by atoms with van der Waals surface area (Å²) in [4.78, 5) is 30.8. The first-order chi connectivity index (χ1) is 21.8. The molecular formula is C34H42N3O8+. The summed E-state index contributed by atoms with van der Waals surface area (Å²) in [5.41, 5.74) is 1.56. The van der Waals surface area contributed by atoms with Gasteiger partial charge < -0.3 is 33.7 Å². The molecule has 240 valence electrons.